The van der Waals surface area contributed by atoms with Crippen LogP contribution in [0.15, 0.2) is 84.9 Å². The van der Waals surface area contributed by atoms with Crippen molar-refractivity contribution in [2.75, 3.05) is 17.7 Å². The van der Waals surface area contributed by atoms with Gasteiger partial charge in [-0.2, -0.15) is 0 Å². The number of amides is 1. The number of rotatable bonds is 4. The first-order chi connectivity index (χ1) is 14.7. The van der Waals surface area contributed by atoms with E-state index in [0.717, 1.165) is 23.5 Å². The second-order valence-corrected chi connectivity index (χ2v) is 7.87. The molecule has 2 N–H and O–H groups in total. The average molecular weight is 396 g/mol. The van der Waals surface area contributed by atoms with Crippen molar-refractivity contribution >= 4 is 17.3 Å². The lowest BCUT2D eigenvalue weighted by Gasteiger charge is -2.37. The molecule has 0 fully saturated rings. The average Bonchev–Trinajstić information content (AvgIpc) is 3.29. The summed E-state index contributed by atoms with van der Waals surface area (Å²) in [6.07, 6.45) is 5.65. The molecule has 3 atom stereocenters. The molecule has 1 amide bonds. The van der Waals surface area contributed by atoms with Gasteiger partial charge in [-0.3, -0.25) is 4.79 Å². The van der Waals surface area contributed by atoms with E-state index in [1.54, 1.807) is 31.4 Å². The van der Waals surface area contributed by atoms with Crippen molar-refractivity contribution in [3.8, 4) is 5.75 Å². The van der Waals surface area contributed by atoms with Crippen molar-refractivity contribution in [3.63, 3.8) is 0 Å². The van der Waals surface area contributed by atoms with Crippen molar-refractivity contribution in [2.45, 2.75) is 18.4 Å². The monoisotopic (exact) mass is 396 g/mol. The maximum absolute atomic E-state index is 12.7. The van der Waals surface area contributed by atoms with E-state index in [4.69, 9.17) is 4.74 Å². The lowest BCUT2D eigenvalue weighted by Crippen LogP contribution is -2.29. The number of hydrogen-bond donors (Lipinski definition) is 2. The molecule has 3 aromatic rings. The molecular weight excluding hydrogens is 372 g/mol. The van der Waals surface area contributed by atoms with E-state index in [9.17, 15) is 4.79 Å². The van der Waals surface area contributed by atoms with Crippen molar-refractivity contribution < 1.29 is 9.53 Å². The molecule has 1 aliphatic carbocycles. The van der Waals surface area contributed by atoms with Gasteiger partial charge in [0.15, 0.2) is 0 Å². The highest BCUT2D eigenvalue weighted by atomic mass is 16.5. The van der Waals surface area contributed by atoms with Gasteiger partial charge in [-0.25, -0.2) is 0 Å². The van der Waals surface area contributed by atoms with Crippen molar-refractivity contribution in [3.05, 3.63) is 102 Å². The largest absolute Gasteiger partial charge is 0.497 e. The molecule has 0 spiro atoms. The minimum absolute atomic E-state index is 0.123. The summed E-state index contributed by atoms with van der Waals surface area (Å²) in [7, 11) is 1.61. The van der Waals surface area contributed by atoms with Gasteiger partial charge in [0.1, 0.15) is 5.75 Å². The Morgan fingerprint density at radius 3 is 2.60 bits per heavy atom. The Morgan fingerprint density at radius 2 is 1.83 bits per heavy atom. The minimum atomic E-state index is -0.123. The quantitative estimate of drug-likeness (QED) is 0.550. The summed E-state index contributed by atoms with van der Waals surface area (Å²) < 4.78 is 5.17. The first kappa shape index (κ1) is 18.5. The van der Waals surface area contributed by atoms with Gasteiger partial charge in [-0.1, -0.05) is 42.5 Å². The third kappa shape index (κ3) is 3.35. The Morgan fingerprint density at radius 1 is 1.03 bits per heavy atom. The summed E-state index contributed by atoms with van der Waals surface area (Å²) in [5.41, 5.74) is 5.12. The van der Waals surface area contributed by atoms with Crippen LogP contribution in [0, 0.1) is 5.92 Å². The van der Waals surface area contributed by atoms with Crippen molar-refractivity contribution in [1.29, 1.82) is 0 Å². The van der Waals surface area contributed by atoms with Gasteiger partial charge in [-0.15, -0.1) is 0 Å². The first-order valence-corrected chi connectivity index (χ1v) is 10.3. The molecule has 4 heteroatoms. The number of carbonyl (C=O) groups excluding carboxylic acids is 1. The number of methoxy groups -OCH3 is 1. The Bertz CT molecular complexity index is 1090. The molecule has 3 aromatic carbocycles. The number of fused-ring (bicyclic) bond motifs is 3. The van der Waals surface area contributed by atoms with Gasteiger partial charge >= 0.3 is 0 Å². The van der Waals surface area contributed by atoms with Gasteiger partial charge in [-0.05, 0) is 65.9 Å². The fourth-order valence-electron chi connectivity index (χ4n) is 4.61. The van der Waals surface area contributed by atoms with Crippen LogP contribution >= 0.6 is 0 Å². The number of benzene rings is 3. The highest BCUT2D eigenvalue weighted by Gasteiger charge is 2.37. The number of nitrogens with one attached hydrogen (secondary N) is 2. The van der Waals surface area contributed by atoms with Crippen LogP contribution in [0.5, 0.6) is 5.75 Å². The molecule has 0 saturated carbocycles. The summed E-state index contributed by atoms with van der Waals surface area (Å²) in [5.74, 6) is 1.44. The Kier molecular flexibility index (Phi) is 4.75. The van der Waals surface area contributed by atoms with Crippen LogP contribution in [0.3, 0.4) is 0 Å². The highest BCUT2D eigenvalue weighted by molar-refractivity contribution is 6.04. The number of hydrogen-bond acceptors (Lipinski definition) is 3. The van der Waals surface area contributed by atoms with E-state index in [0.29, 0.717) is 23.4 Å². The van der Waals surface area contributed by atoms with Gasteiger partial charge in [0.2, 0.25) is 0 Å². The van der Waals surface area contributed by atoms with E-state index in [2.05, 4.69) is 65.3 Å². The van der Waals surface area contributed by atoms with E-state index in [1.807, 2.05) is 6.07 Å². The maximum atomic E-state index is 12.7. The number of allylic oxidation sites excluding steroid dienone is 2. The van der Waals surface area contributed by atoms with Crippen LogP contribution in [0.2, 0.25) is 0 Å². The number of ether oxygens (including phenoxy) is 1. The predicted molar refractivity (Wildman–Crippen MR) is 120 cm³/mol. The van der Waals surface area contributed by atoms with Crippen LogP contribution in [0.25, 0.3) is 0 Å². The van der Waals surface area contributed by atoms with Crippen molar-refractivity contribution in [1.82, 2.24) is 0 Å². The molecule has 0 saturated heterocycles. The van der Waals surface area contributed by atoms with E-state index < -0.39 is 0 Å². The second-order valence-electron chi connectivity index (χ2n) is 7.87. The molecule has 0 aromatic heterocycles. The van der Waals surface area contributed by atoms with Gasteiger partial charge in [0.25, 0.3) is 5.91 Å². The van der Waals surface area contributed by atoms with Gasteiger partial charge < -0.3 is 15.4 Å². The second kappa shape index (κ2) is 7.71. The van der Waals surface area contributed by atoms with E-state index in [1.165, 1.54) is 11.1 Å². The number of anilines is 2. The first-order valence-electron chi connectivity index (χ1n) is 10.3. The molecule has 1 aliphatic heterocycles. The molecule has 4 nitrogen and oxygen atoms in total. The SMILES string of the molecule is COc1ccc(C(=O)Nc2ccc3c(c2)C2C=CCC2C(c2ccccc2)N3)cc1. The summed E-state index contributed by atoms with van der Waals surface area (Å²) >= 11 is 0. The topological polar surface area (TPSA) is 50.4 Å². The Hall–Kier alpha value is -3.53. The fourth-order valence-corrected chi connectivity index (χ4v) is 4.61. The molecule has 0 bridgehead atoms. The van der Waals surface area contributed by atoms with E-state index in [-0.39, 0.29) is 5.91 Å². The summed E-state index contributed by atoms with van der Waals surface area (Å²) in [6, 6.07) is 24.2. The van der Waals surface area contributed by atoms with E-state index >= 15 is 0 Å². The van der Waals surface area contributed by atoms with Crippen LogP contribution in [0.4, 0.5) is 11.4 Å². The zero-order chi connectivity index (χ0) is 20.5. The molecule has 5 rings (SSSR count). The fraction of sp³-hybridized carbons (Fsp3) is 0.192. The third-order valence-electron chi connectivity index (χ3n) is 6.13. The third-order valence-corrected chi connectivity index (χ3v) is 6.13. The van der Waals surface area contributed by atoms with Crippen LogP contribution in [0.1, 0.15) is 39.9 Å². The summed E-state index contributed by atoms with van der Waals surface area (Å²) in [6.45, 7) is 0. The van der Waals surface area contributed by atoms with Crippen LogP contribution in [-0.4, -0.2) is 13.0 Å². The van der Waals surface area contributed by atoms with Crippen molar-refractivity contribution in [2.24, 2.45) is 5.92 Å². The Labute approximate surface area is 176 Å². The van der Waals surface area contributed by atoms with Gasteiger partial charge in [0.05, 0.1) is 13.2 Å². The van der Waals surface area contributed by atoms with Crippen LogP contribution in [-0.2, 0) is 0 Å². The zero-order valence-electron chi connectivity index (χ0n) is 16.8. The Balaban J connectivity index is 1.40. The number of carbonyl (C=O) groups is 1. The van der Waals surface area contributed by atoms with Gasteiger partial charge in [0, 0.05) is 22.9 Å². The molecule has 2 aliphatic rings. The molecule has 30 heavy (non-hydrogen) atoms. The lowest BCUT2D eigenvalue weighted by molar-refractivity contribution is 0.102. The lowest BCUT2D eigenvalue weighted by atomic mass is 9.77. The molecule has 1 heterocycles. The normalized spacial score (nSPS) is 21.3. The van der Waals surface area contributed by atoms with Crippen LogP contribution < -0.4 is 15.4 Å². The zero-order valence-corrected chi connectivity index (χ0v) is 16.8. The minimum Gasteiger partial charge on any atom is -0.497 e. The molecule has 3 unspecified atom stereocenters. The summed E-state index contributed by atoms with van der Waals surface area (Å²) in [5, 5.41) is 6.78. The molecule has 0 radical (unpaired) electrons. The highest BCUT2D eigenvalue weighted by Crippen LogP contribution is 2.50. The maximum Gasteiger partial charge on any atom is 0.255 e. The smallest absolute Gasteiger partial charge is 0.255 e. The predicted octanol–water partition coefficient (Wildman–Crippen LogP) is 5.77. The molecular formula is C26H24N2O2. The standard InChI is InChI=1S/C26H24N2O2/c1-30-20-13-10-18(11-14-20)26(29)27-19-12-15-24-23(16-19)21-8-5-9-22(21)25(28-24)17-6-3-2-4-7-17/h2-8,10-16,21-22,25,28H,9H2,1H3,(H,27,29). The summed E-state index contributed by atoms with van der Waals surface area (Å²) in [4.78, 5) is 12.7. The molecule has 150 valence electrons.